The summed E-state index contributed by atoms with van der Waals surface area (Å²) in [6.45, 7) is 0.0752. The van der Waals surface area contributed by atoms with Crippen LogP contribution in [0.3, 0.4) is 0 Å². The van der Waals surface area contributed by atoms with E-state index in [1.165, 1.54) is 0 Å². The zero-order valence-corrected chi connectivity index (χ0v) is 8.07. The van der Waals surface area contributed by atoms with Crippen LogP contribution in [0.4, 0.5) is 4.79 Å². The quantitative estimate of drug-likeness (QED) is 0.597. The molecule has 0 aromatic carbocycles. The van der Waals surface area contributed by atoms with Crippen LogP contribution in [0, 0.1) is 0 Å². The van der Waals surface area contributed by atoms with Gasteiger partial charge in [-0.2, -0.15) is 5.21 Å². The molecule has 1 saturated heterocycles. The molecule has 0 unspecified atom stereocenters. The first-order chi connectivity index (χ1) is 7.59. The average molecular weight is 227 g/mol. The molecule has 2 atom stereocenters. The van der Waals surface area contributed by atoms with Crippen molar-refractivity contribution in [3.63, 3.8) is 0 Å². The summed E-state index contributed by atoms with van der Waals surface area (Å²) in [6.07, 6.45) is -1.08. The fourth-order valence-corrected chi connectivity index (χ4v) is 1.81. The molecule has 0 spiro atoms. The lowest BCUT2D eigenvalue weighted by molar-refractivity contribution is -0.141. The Labute approximate surface area is 89.1 Å². The Balaban J connectivity index is 2.18. The minimum absolute atomic E-state index is 0.0752. The Bertz CT molecular complexity index is 383. The van der Waals surface area contributed by atoms with E-state index in [0.717, 1.165) is 4.90 Å². The highest BCUT2D eigenvalue weighted by Gasteiger charge is 2.41. The lowest BCUT2D eigenvalue weighted by Crippen LogP contribution is -2.39. The van der Waals surface area contributed by atoms with Crippen LogP contribution < -0.4 is 0 Å². The van der Waals surface area contributed by atoms with Crippen LogP contribution in [-0.4, -0.2) is 60.4 Å². The number of tetrazole rings is 1. The summed E-state index contributed by atoms with van der Waals surface area (Å²) in [5.41, 5.74) is 0. The molecule has 16 heavy (non-hydrogen) atoms. The number of likely N-dealkylation sites (tertiary alicyclic amines) is 1. The first kappa shape index (κ1) is 10.3. The van der Waals surface area contributed by atoms with E-state index in [0.29, 0.717) is 5.82 Å². The minimum Gasteiger partial charge on any atom is -0.480 e. The third-order valence-corrected chi connectivity index (χ3v) is 2.56. The Morgan fingerprint density at radius 2 is 2.19 bits per heavy atom. The second-order valence-corrected chi connectivity index (χ2v) is 3.49. The van der Waals surface area contributed by atoms with Gasteiger partial charge >= 0.3 is 12.1 Å². The zero-order chi connectivity index (χ0) is 11.7. The van der Waals surface area contributed by atoms with Gasteiger partial charge in [-0.3, -0.25) is 4.90 Å². The number of amides is 1. The van der Waals surface area contributed by atoms with Crippen LogP contribution in [0.2, 0.25) is 0 Å². The maximum Gasteiger partial charge on any atom is 0.408 e. The normalized spacial score (nSPS) is 24.6. The summed E-state index contributed by atoms with van der Waals surface area (Å²) in [7, 11) is 0. The maximum atomic E-state index is 10.9. The number of H-pyrrole nitrogens is 1. The Morgan fingerprint density at radius 1 is 1.44 bits per heavy atom. The molecule has 0 aliphatic carbocycles. The molecular weight excluding hydrogens is 218 g/mol. The molecule has 1 fully saturated rings. The van der Waals surface area contributed by atoms with Crippen LogP contribution in [0.25, 0.3) is 0 Å². The Hall–Kier alpha value is -2.19. The number of hydrogen-bond acceptors (Lipinski definition) is 5. The van der Waals surface area contributed by atoms with Crippen LogP contribution in [0.1, 0.15) is 18.2 Å². The van der Waals surface area contributed by atoms with Gasteiger partial charge in [0, 0.05) is 12.5 Å². The number of hydrogen-bond donors (Lipinski definition) is 3. The third kappa shape index (κ3) is 1.66. The SMILES string of the molecule is O=C(O)[C@H]1C[C@@H](c2nn[nH]n2)CN1C(=O)O. The van der Waals surface area contributed by atoms with Gasteiger partial charge in [0.05, 0.1) is 0 Å². The Kier molecular flexibility index (Phi) is 2.43. The summed E-state index contributed by atoms with van der Waals surface area (Å²) < 4.78 is 0. The van der Waals surface area contributed by atoms with Gasteiger partial charge in [0.1, 0.15) is 6.04 Å². The van der Waals surface area contributed by atoms with Crippen molar-refractivity contribution in [1.29, 1.82) is 0 Å². The minimum atomic E-state index is -1.25. The van der Waals surface area contributed by atoms with E-state index in [4.69, 9.17) is 10.2 Å². The zero-order valence-electron chi connectivity index (χ0n) is 8.07. The van der Waals surface area contributed by atoms with E-state index >= 15 is 0 Å². The number of rotatable bonds is 2. The highest BCUT2D eigenvalue weighted by atomic mass is 16.4. The van der Waals surface area contributed by atoms with Gasteiger partial charge in [0.25, 0.3) is 0 Å². The van der Waals surface area contributed by atoms with Crippen molar-refractivity contribution >= 4 is 12.1 Å². The fourth-order valence-electron chi connectivity index (χ4n) is 1.81. The van der Waals surface area contributed by atoms with Crippen molar-refractivity contribution in [3.05, 3.63) is 5.82 Å². The number of aromatic amines is 1. The lowest BCUT2D eigenvalue weighted by Gasteiger charge is -2.16. The van der Waals surface area contributed by atoms with Gasteiger partial charge in [-0.25, -0.2) is 9.59 Å². The highest BCUT2D eigenvalue weighted by molar-refractivity contribution is 5.80. The molecule has 86 valence electrons. The number of aromatic nitrogens is 4. The van der Waals surface area contributed by atoms with Crippen molar-refractivity contribution in [2.24, 2.45) is 0 Å². The molecule has 9 heteroatoms. The molecular formula is C7H9N5O4. The topological polar surface area (TPSA) is 132 Å². The molecule has 0 saturated carbocycles. The van der Waals surface area contributed by atoms with Gasteiger partial charge in [0.2, 0.25) is 0 Å². The van der Waals surface area contributed by atoms with Crippen molar-refractivity contribution in [2.75, 3.05) is 6.54 Å². The summed E-state index contributed by atoms with van der Waals surface area (Å²) in [5, 5.41) is 30.8. The molecule has 1 aromatic rings. The molecule has 1 amide bonds. The molecule has 9 nitrogen and oxygen atoms in total. The van der Waals surface area contributed by atoms with Gasteiger partial charge in [-0.15, -0.1) is 10.2 Å². The van der Waals surface area contributed by atoms with Crippen molar-refractivity contribution in [1.82, 2.24) is 25.5 Å². The molecule has 0 radical (unpaired) electrons. The fraction of sp³-hybridized carbons (Fsp3) is 0.571. The van der Waals surface area contributed by atoms with E-state index in [9.17, 15) is 9.59 Å². The smallest absolute Gasteiger partial charge is 0.408 e. The number of nitrogens with zero attached hydrogens (tertiary/aromatic N) is 4. The van der Waals surface area contributed by atoms with Crippen molar-refractivity contribution in [3.8, 4) is 0 Å². The van der Waals surface area contributed by atoms with Crippen molar-refractivity contribution in [2.45, 2.75) is 18.4 Å². The third-order valence-electron chi connectivity index (χ3n) is 2.56. The van der Waals surface area contributed by atoms with Crippen LogP contribution in [0.15, 0.2) is 0 Å². The number of carbonyl (C=O) groups is 2. The standard InChI is InChI=1S/C7H9N5O4/c13-6(14)4-1-3(2-12(4)7(15)16)5-8-10-11-9-5/h3-4H,1-2H2,(H,13,14)(H,15,16)(H,8,9,10,11)/t3-,4-/m1/s1. The van der Waals surface area contributed by atoms with E-state index in [1.807, 2.05) is 0 Å². The van der Waals surface area contributed by atoms with Crippen LogP contribution >= 0.6 is 0 Å². The van der Waals surface area contributed by atoms with E-state index in [-0.39, 0.29) is 18.9 Å². The second kappa shape index (κ2) is 3.76. The highest BCUT2D eigenvalue weighted by Crippen LogP contribution is 2.29. The monoisotopic (exact) mass is 227 g/mol. The molecule has 1 aliphatic heterocycles. The molecule has 0 bridgehead atoms. The summed E-state index contributed by atoms with van der Waals surface area (Å²) in [6, 6.07) is -1.04. The average Bonchev–Trinajstić information content (AvgIpc) is 2.86. The summed E-state index contributed by atoms with van der Waals surface area (Å²) in [5.74, 6) is -1.14. The van der Waals surface area contributed by atoms with E-state index < -0.39 is 18.1 Å². The summed E-state index contributed by atoms with van der Waals surface area (Å²) in [4.78, 5) is 22.6. The number of carboxylic acid groups (broad SMARTS) is 2. The number of nitrogens with one attached hydrogen (secondary N) is 1. The van der Waals surface area contributed by atoms with Crippen molar-refractivity contribution < 1.29 is 19.8 Å². The van der Waals surface area contributed by atoms with E-state index in [1.54, 1.807) is 0 Å². The van der Waals surface area contributed by atoms with Crippen LogP contribution in [-0.2, 0) is 4.79 Å². The van der Waals surface area contributed by atoms with Gasteiger partial charge in [-0.1, -0.05) is 5.21 Å². The molecule has 1 aliphatic rings. The predicted molar refractivity (Wildman–Crippen MR) is 47.7 cm³/mol. The van der Waals surface area contributed by atoms with Gasteiger partial charge in [0.15, 0.2) is 5.82 Å². The van der Waals surface area contributed by atoms with E-state index in [2.05, 4.69) is 20.6 Å². The summed E-state index contributed by atoms with van der Waals surface area (Å²) >= 11 is 0. The first-order valence-electron chi connectivity index (χ1n) is 4.55. The lowest BCUT2D eigenvalue weighted by atomic mass is 10.1. The van der Waals surface area contributed by atoms with Crippen LogP contribution in [0.5, 0.6) is 0 Å². The first-order valence-corrected chi connectivity index (χ1v) is 4.55. The second-order valence-electron chi connectivity index (χ2n) is 3.49. The van der Waals surface area contributed by atoms with Gasteiger partial charge in [-0.05, 0) is 6.42 Å². The molecule has 2 rings (SSSR count). The Morgan fingerprint density at radius 3 is 2.62 bits per heavy atom. The maximum absolute atomic E-state index is 10.9. The molecule has 1 aromatic heterocycles. The molecule has 2 heterocycles. The van der Waals surface area contributed by atoms with Gasteiger partial charge < -0.3 is 10.2 Å². The molecule has 3 N–H and O–H groups in total. The number of carboxylic acids is 1. The predicted octanol–water partition coefficient (Wildman–Crippen LogP) is -0.880. The number of aliphatic carboxylic acids is 1. The largest absolute Gasteiger partial charge is 0.480 e.